The first-order valence-electron chi connectivity index (χ1n) is 6.87. The molecule has 1 heterocycles. The minimum Gasteiger partial charge on any atom is -0.396 e. The second kappa shape index (κ2) is 4.93. The zero-order valence-corrected chi connectivity index (χ0v) is 12.0. The standard InChI is InChI=1S/C16H25NO/c1-12-5-6-13(2)15(9-12)17-8-7-16(3,4)14(10-17)11-18/h5-6,9,14,18H,7-8,10-11H2,1-4H3. The molecule has 1 aromatic rings. The van der Waals surface area contributed by atoms with Crippen LogP contribution in [0.1, 0.15) is 31.4 Å². The van der Waals surface area contributed by atoms with Gasteiger partial charge < -0.3 is 10.0 Å². The molecule has 0 bridgehead atoms. The molecular weight excluding hydrogens is 222 g/mol. The van der Waals surface area contributed by atoms with E-state index in [2.05, 4.69) is 50.8 Å². The van der Waals surface area contributed by atoms with Gasteiger partial charge in [0.25, 0.3) is 0 Å². The fourth-order valence-corrected chi connectivity index (χ4v) is 2.82. The van der Waals surface area contributed by atoms with Crippen LogP contribution >= 0.6 is 0 Å². The maximum atomic E-state index is 9.59. The molecular formula is C16H25NO. The monoisotopic (exact) mass is 247 g/mol. The van der Waals surface area contributed by atoms with Crippen LogP contribution in [0.2, 0.25) is 0 Å². The van der Waals surface area contributed by atoms with Gasteiger partial charge in [0.2, 0.25) is 0 Å². The number of rotatable bonds is 2. The van der Waals surface area contributed by atoms with Crippen molar-refractivity contribution in [2.24, 2.45) is 11.3 Å². The fraction of sp³-hybridized carbons (Fsp3) is 0.625. The largest absolute Gasteiger partial charge is 0.396 e. The fourth-order valence-electron chi connectivity index (χ4n) is 2.82. The molecule has 1 N–H and O–H groups in total. The van der Waals surface area contributed by atoms with E-state index in [-0.39, 0.29) is 12.0 Å². The molecule has 18 heavy (non-hydrogen) atoms. The third kappa shape index (κ3) is 2.54. The number of aliphatic hydroxyl groups is 1. The molecule has 1 aromatic carbocycles. The van der Waals surface area contributed by atoms with Gasteiger partial charge in [-0.15, -0.1) is 0 Å². The Balaban J connectivity index is 2.23. The van der Waals surface area contributed by atoms with Crippen LogP contribution in [0.4, 0.5) is 5.69 Å². The second-order valence-corrected chi connectivity index (χ2v) is 6.35. The van der Waals surface area contributed by atoms with Gasteiger partial charge in [0.1, 0.15) is 0 Å². The summed E-state index contributed by atoms with van der Waals surface area (Å²) in [6.45, 7) is 11.2. The molecule has 0 spiro atoms. The predicted octanol–water partition coefficient (Wildman–Crippen LogP) is 3.15. The van der Waals surface area contributed by atoms with E-state index in [4.69, 9.17) is 0 Å². The highest BCUT2D eigenvalue weighted by atomic mass is 16.3. The molecule has 0 saturated carbocycles. The van der Waals surface area contributed by atoms with Crippen molar-refractivity contribution in [2.75, 3.05) is 24.6 Å². The SMILES string of the molecule is Cc1ccc(C)c(N2CCC(C)(C)C(CO)C2)c1. The van der Waals surface area contributed by atoms with Crippen LogP contribution in [-0.2, 0) is 0 Å². The van der Waals surface area contributed by atoms with E-state index in [0.717, 1.165) is 19.5 Å². The van der Waals surface area contributed by atoms with Crippen LogP contribution < -0.4 is 4.90 Å². The van der Waals surface area contributed by atoms with Crippen LogP contribution in [0.25, 0.3) is 0 Å². The van der Waals surface area contributed by atoms with Crippen molar-refractivity contribution in [3.8, 4) is 0 Å². The molecule has 1 atom stereocenters. The number of benzene rings is 1. The van der Waals surface area contributed by atoms with Crippen molar-refractivity contribution in [3.63, 3.8) is 0 Å². The van der Waals surface area contributed by atoms with Gasteiger partial charge in [-0.25, -0.2) is 0 Å². The van der Waals surface area contributed by atoms with Crippen LogP contribution in [0.5, 0.6) is 0 Å². The van der Waals surface area contributed by atoms with E-state index in [1.165, 1.54) is 16.8 Å². The summed E-state index contributed by atoms with van der Waals surface area (Å²) in [4.78, 5) is 2.44. The quantitative estimate of drug-likeness (QED) is 0.868. The Hall–Kier alpha value is -1.02. The second-order valence-electron chi connectivity index (χ2n) is 6.35. The summed E-state index contributed by atoms with van der Waals surface area (Å²) < 4.78 is 0. The molecule has 2 rings (SSSR count). The lowest BCUT2D eigenvalue weighted by molar-refractivity contribution is 0.0967. The molecule has 0 amide bonds. The molecule has 0 aliphatic carbocycles. The summed E-state index contributed by atoms with van der Waals surface area (Å²) in [5, 5.41) is 9.59. The summed E-state index contributed by atoms with van der Waals surface area (Å²) in [6, 6.07) is 6.62. The van der Waals surface area contributed by atoms with E-state index >= 15 is 0 Å². The van der Waals surface area contributed by atoms with Crippen molar-refractivity contribution < 1.29 is 5.11 Å². The number of nitrogens with zero attached hydrogens (tertiary/aromatic N) is 1. The zero-order valence-electron chi connectivity index (χ0n) is 12.0. The lowest BCUT2D eigenvalue weighted by Gasteiger charge is -2.44. The van der Waals surface area contributed by atoms with Crippen molar-refractivity contribution in [1.82, 2.24) is 0 Å². The summed E-state index contributed by atoms with van der Waals surface area (Å²) in [6.07, 6.45) is 1.14. The molecule has 0 radical (unpaired) electrons. The first kappa shape index (κ1) is 13.4. The molecule has 1 saturated heterocycles. The predicted molar refractivity (Wildman–Crippen MR) is 77.1 cm³/mol. The average molecular weight is 247 g/mol. The van der Waals surface area contributed by atoms with Crippen molar-refractivity contribution in [2.45, 2.75) is 34.1 Å². The number of aryl methyl sites for hydroxylation is 2. The Morgan fingerprint density at radius 3 is 2.72 bits per heavy atom. The topological polar surface area (TPSA) is 23.5 Å². The van der Waals surface area contributed by atoms with Crippen LogP contribution in [-0.4, -0.2) is 24.8 Å². The highest BCUT2D eigenvalue weighted by molar-refractivity contribution is 5.55. The summed E-state index contributed by atoms with van der Waals surface area (Å²) in [5.74, 6) is 0.367. The van der Waals surface area contributed by atoms with Gasteiger partial charge in [-0.2, -0.15) is 0 Å². The number of hydrogen-bond donors (Lipinski definition) is 1. The minimum atomic E-state index is 0.253. The first-order chi connectivity index (χ1) is 8.44. The Morgan fingerprint density at radius 1 is 1.33 bits per heavy atom. The average Bonchev–Trinajstić information content (AvgIpc) is 2.32. The maximum absolute atomic E-state index is 9.59. The van der Waals surface area contributed by atoms with Gasteiger partial charge in [-0.1, -0.05) is 26.0 Å². The first-order valence-corrected chi connectivity index (χ1v) is 6.87. The van der Waals surface area contributed by atoms with E-state index in [1.807, 2.05) is 0 Å². The Labute approximate surface area is 111 Å². The van der Waals surface area contributed by atoms with Gasteiger partial charge in [0, 0.05) is 31.3 Å². The van der Waals surface area contributed by atoms with Gasteiger partial charge in [-0.05, 0) is 42.9 Å². The number of hydrogen-bond acceptors (Lipinski definition) is 2. The smallest absolute Gasteiger partial charge is 0.0481 e. The Bertz CT molecular complexity index is 425. The van der Waals surface area contributed by atoms with E-state index in [0.29, 0.717) is 5.92 Å². The Morgan fingerprint density at radius 2 is 2.06 bits per heavy atom. The van der Waals surface area contributed by atoms with Gasteiger partial charge >= 0.3 is 0 Å². The minimum absolute atomic E-state index is 0.253. The summed E-state index contributed by atoms with van der Waals surface area (Å²) >= 11 is 0. The van der Waals surface area contributed by atoms with Crippen LogP contribution in [0, 0.1) is 25.2 Å². The third-order valence-corrected chi connectivity index (χ3v) is 4.50. The molecule has 1 aliphatic rings. The van der Waals surface area contributed by atoms with Crippen LogP contribution in [0.3, 0.4) is 0 Å². The number of anilines is 1. The molecule has 1 fully saturated rings. The lowest BCUT2D eigenvalue weighted by atomic mass is 9.73. The van der Waals surface area contributed by atoms with Crippen molar-refractivity contribution in [1.29, 1.82) is 0 Å². The third-order valence-electron chi connectivity index (χ3n) is 4.50. The van der Waals surface area contributed by atoms with Gasteiger partial charge in [-0.3, -0.25) is 0 Å². The highest BCUT2D eigenvalue weighted by Gasteiger charge is 2.35. The van der Waals surface area contributed by atoms with E-state index in [1.54, 1.807) is 0 Å². The summed E-state index contributed by atoms with van der Waals surface area (Å²) in [7, 11) is 0. The van der Waals surface area contributed by atoms with Crippen molar-refractivity contribution in [3.05, 3.63) is 29.3 Å². The summed E-state index contributed by atoms with van der Waals surface area (Å²) in [5.41, 5.74) is 4.23. The highest BCUT2D eigenvalue weighted by Crippen LogP contribution is 2.37. The lowest BCUT2D eigenvalue weighted by Crippen LogP contribution is -2.46. The van der Waals surface area contributed by atoms with E-state index in [9.17, 15) is 5.11 Å². The van der Waals surface area contributed by atoms with E-state index < -0.39 is 0 Å². The molecule has 100 valence electrons. The van der Waals surface area contributed by atoms with Crippen LogP contribution in [0.15, 0.2) is 18.2 Å². The molecule has 1 aliphatic heterocycles. The van der Waals surface area contributed by atoms with Gasteiger partial charge in [0.15, 0.2) is 0 Å². The maximum Gasteiger partial charge on any atom is 0.0481 e. The van der Waals surface area contributed by atoms with Gasteiger partial charge in [0.05, 0.1) is 0 Å². The molecule has 2 nitrogen and oxygen atoms in total. The van der Waals surface area contributed by atoms with Crippen molar-refractivity contribution >= 4 is 5.69 Å². The molecule has 1 unspecified atom stereocenters. The normalized spacial score (nSPS) is 23.2. The zero-order chi connectivity index (χ0) is 13.3. The molecule has 2 heteroatoms. The molecule has 0 aromatic heterocycles. The number of aliphatic hydroxyl groups excluding tert-OH is 1. The Kier molecular flexibility index (Phi) is 3.67. The number of piperidine rings is 1.